The summed E-state index contributed by atoms with van der Waals surface area (Å²) in [5.74, 6) is 0. The molecule has 0 aliphatic heterocycles. The van der Waals surface area contributed by atoms with Gasteiger partial charge < -0.3 is 0 Å². The van der Waals surface area contributed by atoms with E-state index in [0.29, 0.717) is 6.42 Å². The van der Waals surface area contributed by atoms with Crippen LogP contribution in [0.15, 0.2) is 29.5 Å². The highest BCUT2D eigenvalue weighted by Crippen LogP contribution is 2.31. The predicted octanol–water partition coefficient (Wildman–Crippen LogP) is 3.81. The lowest BCUT2D eigenvalue weighted by molar-refractivity contribution is -0.138. The van der Waals surface area contributed by atoms with E-state index < -0.39 is 11.7 Å². The van der Waals surface area contributed by atoms with E-state index in [4.69, 9.17) is 5.53 Å². The number of nitrogens with zero attached hydrogens (tertiary/aromatic N) is 4. The van der Waals surface area contributed by atoms with Crippen LogP contribution in [0.2, 0.25) is 0 Å². The molecule has 0 aromatic carbocycles. The van der Waals surface area contributed by atoms with E-state index in [9.17, 15) is 13.2 Å². The van der Waals surface area contributed by atoms with Gasteiger partial charge in [-0.25, -0.2) is 0 Å². The molecule has 0 aliphatic carbocycles. The van der Waals surface area contributed by atoms with Crippen LogP contribution in [0.4, 0.5) is 13.2 Å². The SMILES string of the molecule is [N-]=[N+]=NCCC=Cc1ncccc1C(F)(F)F. The number of pyridine rings is 1. The molecule has 0 aliphatic rings. The van der Waals surface area contributed by atoms with Crippen molar-refractivity contribution in [3.8, 4) is 0 Å². The summed E-state index contributed by atoms with van der Waals surface area (Å²) in [6.45, 7) is 0.210. The van der Waals surface area contributed by atoms with Crippen LogP contribution in [-0.2, 0) is 6.18 Å². The van der Waals surface area contributed by atoms with E-state index in [1.54, 1.807) is 0 Å². The maximum atomic E-state index is 12.5. The second-order valence-corrected chi connectivity index (χ2v) is 3.08. The molecular weight excluding hydrogens is 233 g/mol. The average Bonchev–Trinajstić information content (AvgIpc) is 2.28. The van der Waals surface area contributed by atoms with Crippen molar-refractivity contribution in [3.63, 3.8) is 0 Å². The molecule has 1 aromatic rings. The molecule has 1 heterocycles. The Morgan fingerprint density at radius 1 is 1.47 bits per heavy atom. The van der Waals surface area contributed by atoms with E-state index in [0.717, 1.165) is 6.07 Å². The molecule has 4 nitrogen and oxygen atoms in total. The summed E-state index contributed by atoms with van der Waals surface area (Å²) in [7, 11) is 0. The van der Waals surface area contributed by atoms with E-state index in [1.165, 1.54) is 24.4 Å². The molecule has 0 fully saturated rings. The van der Waals surface area contributed by atoms with Crippen molar-refractivity contribution in [2.24, 2.45) is 5.11 Å². The van der Waals surface area contributed by atoms with Crippen molar-refractivity contribution < 1.29 is 13.2 Å². The third-order valence-electron chi connectivity index (χ3n) is 1.88. The fourth-order valence-corrected chi connectivity index (χ4v) is 1.16. The molecule has 0 saturated carbocycles. The first-order valence-corrected chi connectivity index (χ1v) is 4.75. The van der Waals surface area contributed by atoms with E-state index in [1.807, 2.05) is 0 Å². The summed E-state index contributed by atoms with van der Waals surface area (Å²) in [5, 5.41) is 3.26. The Morgan fingerprint density at radius 3 is 2.88 bits per heavy atom. The topological polar surface area (TPSA) is 61.7 Å². The minimum atomic E-state index is -4.42. The van der Waals surface area contributed by atoms with Crippen molar-refractivity contribution in [1.29, 1.82) is 0 Å². The van der Waals surface area contributed by atoms with Gasteiger partial charge in [0, 0.05) is 17.7 Å². The Bertz CT molecular complexity index is 447. The lowest BCUT2D eigenvalue weighted by Crippen LogP contribution is -2.08. The minimum absolute atomic E-state index is 0.138. The highest BCUT2D eigenvalue weighted by molar-refractivity contribution is 5.49. The van der Waals surface area contributed by atoms with Gasteiger partial charge in [-0.2, -0.15) is 13.2 Å². The van der Waals surface area contributed by atoms with Gasteiger partial charge in [0.1, 0.15) is 0 Å². The summed E-state index contributed by atoms with van der Waals surface area (Å²) in [6, 6.07) is 2.21. The number of azide groups is 1. The van der Waals surface area contributed by atoms with Gasteiger partial charge in [0.05, 0.1) is 11.3 Å². The standard InChI is InChI=1S/C10H9F3N4/c11-10(12,13)8-4-3-6-15-9(8)5-1-2-7-16-17-14/h1,3-6H,2,7H2. The maximum absolute atomic E-state index is 12.5. The van der Waals surface area contributed by atoms with Crippen molar-refractivity contribution in [2.75, 3.05) is 6.54 Å². The van der Waals surface area contributed by atoms with E-state index >= 15 is 0 Å². The lowest BCUT2D eigenvalue weighted by atomic mass is 10.1. The molecule has 0 N–H and O–H groups in total. The van der Waals surface area contributed by atoms with Crippen LogP contribution >= 0.6 is 0 Å². The molecule has 7 heteroatoms. The van der Waals surface area contributed by atoms with E-state index in [-0.39, 0.29) is 12.2 Å². The van der Waals surface area contributed by atoms with Crippen molar-refractivity contribution in [3.05, 3.63) is 46.1 Å². The van der Waals surface area contributed by atoms with Crippen LogP contribution in [0.3, 0.4) is 0 Å². The van der Waals surface area contributed by atoms with Crippen LogP contribution < -0.4 is 0 Å². The number of halogens is 3. The van der Waals surface area contributed by atoms with Crippen molar-refractivity contribution in [1.82, 2.24) is 4.98 Å². The summed E-state index contributed by atoms with van der Waals surface area (Å²) < 4.78 is 37.6. The van der Waals surface area contributed by atoms with Gasteiger partial charge in [0.25, 0.3) is 0 Å². The Kier molecular flexibility index (Phi) is 4.54. The van der Waals surface area contributed by atoms with Gasteiger partial charge in [-0.1, -0.05) is 11.2 Å². The quantitative estimate of drug-likeness (QED) is 0.342. The van der Waals surface area contributed by atoms with Crippen LogP contribution in [0.5, 0.6) is 0 Å². The molecule has 0 amide bonds. The monoisotopic (exact) mass is 242 g/mol. The Morgan fingerprint density at radius 2 is 2.24 bits per heavy atom. The smallest absolute Gasteiger partial charge is 0.256 e. The average molecular weight is 242 g/mol. The van der Waals surface area contributed by atoms with Gasteiger partial charge in [-0.15, -0.1) is 0 Å². The molecular formula is C10H9F3N4. The first-order valence-electron chi connectivity index (χ1n) is 4.75. The summed E-state index contributed by atoms with van der Waals surface area (Å²) >= 11 is 0. The summed E-state index contributed by atoms with van der Waals surface area (Å²) in [4.78, 5) is 6.19. The molecule has 0 spiro atoms. The fraction of sp³-hybridized carbons (Fsp3) is 0.300. The van der Waals surface area contributed by atoms with Crippen LogP contribution in [0.25, 0.3) is 16.5 Å². The van der Waals surface area contributed by atoms with Crippen LogP contribution in [0, 0.1) is 0 Å². The normalized spacial score (nSPS) is 11.5. The second-order valence-electron chi connectivity index (χ2n) is 3.08. The molecule has 1 rings (SSSR count). The number of rotatable bonds is 4. The fourth-order valence-electron chi connectivity index (χ4n) is 1.16. The number of alkyl halides is 3. The molecule has 0 unspecified atom stereocenters. The Balaban J connectivity index is 2.80. The molecule has 17 heavy (non-hydrogen) atoms. The van der Waals surface area contributed by atoms with Gasteiger partial charge in [0.15, 0.2) is 0 Å². The number of aromatic nitrogens is 1. The predicted molar refractivity (Wildman–Crippen MR) is 56.9 cm³/mol. The third-order valence-corrected chi connectivity index (χ3v) is 1.88. The second kappa shape index (κ2) is 5.91. The summed E-state index contributed by atoms with van der Waals surface area (Å²) in [5.41, 5.74) is 7.09. The maximum Gasteiger partial charge on any atom is 0.418 e. The zero-order valence-corrected chi connectivity index (χ0v) is 8.72. The first kappa shape index (κ1) is 13.1. The van der Waals surface area contributed by atoms with Crippen molar-refractivity contribution >= 4 is 6.08 Å². The minimum Gasteiger partial charge on any atom is -0.256 e. The van der Waals surface area contributed by atoms with Gasteiger partial charge in [-0.05, 0) is 30.2 Å². The third kappa shape index (κ3) is 4.16. The van der Waals surface area contributed by atoms with Crippen LogP contribution in [0.1, 0.15) is 17.7 Å². The zero-order valence-electron chi connectivity index (χ0n) is 8.72. The molecule has 0 saturated heterocycles. The van der Waals surface area contributed by atoms with Gasteiger partial charge in [0.2, 0.25) is 0 Å². The molecule has 90 valence electrons. The molecule has 0 atom stereocenters. The zero-order chi connectivity index (χ0) is 12.7. The highest BCUT2D eigenvalue weighted by Gasteiger charge is 2.32. The van der Waals surface area contributed by atoms with Crippen LogP contribution in [-0.4, -0.2) is 11.5 Å². The molecule has 1 aromatic heterocycles. The Labute approximate surface area is 95.4 Å². The Hall–Kier alpha value is -2.01. The van der Waals surface area contributed by atoms with Gasteiger partial charge >= 0.3 is 6.18 Å². The number of hydrogen-bond donors (Lipinski definition) is 0. The van der Waals surface area contributed by atoms with Crippen molar-refractivity contribution in [2.45, 2.75) is 12.6 Å². The summed E-state index contributed by atoms with van der Waals surface area (Å²) in [6.07, 6.45) is 0.0149. The first-order chi connectivity index (χ1) is 8.05. The van der Waals surface area contributed by atoms with Gasteiger partial charge in [-0.3, -0.25) is 4.98 Å². The largest absolute Gasteiger partial charge is 0.418 e. The number of hydrogen-bond acceptors (Lipinski definition) is 2. The molecule has 0 radical (unpaired) electrons. The van der Waals surface area contributed by atoms with E-state index in [2.05, 4.69) is 15.0 Å². The molecule has 0 bridgehead atoms. The highest BCUT2D eigenvalue weighted by atomic mass is 19.4. The lowest BCUT2D eigenvalue weighted by Gasteiger charge is -2.08.